The summed E-state index contributed by atoms with van der Waals surface area (Å²) in [7, 11) is 0. The molecule has 0 aliphatic heterocycles. The topological polar surface area (TPSA) is 30.7 Å². The van der Waals surface area contributed by atoms with E-state index in [1.807, 2.05) is 18.2 Å². The summed E-state index contributed by atoms with van der Waals surface area (Å²) in [6, 6.07) is 5.94. The molecular weight excluding hydrogens is 242 g/mol. The molecule has 0 spiro atoms. The molecule has 0 aliphatic carbocycles. The van der Waals surface area contributed by atoms with Gasteiger partial charge in [-0.1, -0.05) is 18.7 Å². The van der Waals surface area contributed by atoms with Crippen LogP contribution in [0.2, 0.25) is 0 Å². The van der Waals surface area contributed by atoms with E-state index in [9.17, 15) is 0 Å². The molecule has 0 saturated heterocycles. The molecule has 1 heterocycles. The highest BCUT2D eigenvalue weighted by molar-refractivity contribution is 9.10. The van der Waals surface area contributed by atoms with Crippen LogP contribution in [-0.2, 0) is 0 Å². The van der Waals surface area contributed by atoms with Crippen molar-refractivity contribution in [2.45, 2.75) is 0 Å². The Labute approximate surface area is 90.2 Å². The van der Waals surface area contributed by atoms with E-state index in [0.29, 0.717) is 0 Å². The van der Waals surface area contributed by atoms with Crippen molar-refractivity contribution in [1.29, 1.82) is 0 Å². The van der Waals surface area contributed by atoms with E-state index in [0.717, 1.165) is 15.7 Å². The molecule has 4 heteroatoms. The summed E-state index contributed by atoms with van der Waals surface area (Å²) in [6.07, 6.45) is 4.97. The van der Waals surface area contributed by atoms with Crippen molar-refractivity contribution in [3.8, 4) is 5.69 Å². The summed E-state index contributed by atoms with van der Waals surface area (Å²) in [6.45, 7) is 3.71. The Kier molecular flexibility index (Phi) is 2.45. The van der Waals surface area contributed by atoms with Gasteiger partial charge >= 0.3 is 0 Å². The van der Waals surface area contributed by atoms with Gasteiger partial charge in [-0.2, -0.15) is 5.10 Å². The van der Waals surface area contributed by atoms with Crippen molar-refractivity contribution in [1.82, 2.24) is 14.8 Å². The Morgan fingerprint density at radius 2 is 2.29 bits per heavy atom. The van der Waals surface area contributed by atoms with Crippen molar-refractivity contribution in [2.24, 2.45) is 0 Å². The number of benzene rings is 1. The standard InChI is InChI=1S/C10H8BrN3/c1-2-8-3-4-10(9(11)5-8)14-7-12-6-13-14/h2-7H,1H2. The zero-order valence-corrected chi connectivity index (χ0v) is 8.98. The molecule has 3 nitrogen and oxygen atoms in total. The monoisotopic (exact) mass is 249 g/mol. The molecule has 0 fully saturated rings. The molecular formula is C10H8BrN3. The minimum absolute atomic E-state index is 0.966. The van der Waals surface area contributed by atoms with Crippen LogP contribution < -0.4 is 0 Å². The van der Waals surface area contributed by atoms with Crippen LogP contribution in [0, 0.1) is 0 Å². The van der Waals surface area contributed by atoms with Gasteiger partial charge in [0.1, 0.15) is 12.7 Å². The fourth-order valence-electron chi connectivity index (χ4n) is 1.17. The lowest BCUT2D eigenvalue weighted by Gasteiger charge is -2.04. The quantitative estimate of drug-likeness (QED) is 0.820. The molecule has 0 amide bonds. The van der Waals surface area contributed by atoms with Crippen molar-refractivity contribution < 1.29 is 0 Å². The molecule has 70 valence electrons. The summed E-state index contributed by atoms with van der Waals surface area (Å²) in [5.41, 5.74) is 2.04. The second kappa shape index (κ2) is 3.75. The predicted molar refractivity (Wildman–Crippen MR) is 59.2 cm³/mol. The van der Waals surface area contributed by atoms with Crippen LogP contribution in [0.5, 0.6) is 0 Å². The Hall–Kier alpha value is -1.42. The first-order chi connectivity index (χ1) is 6.81. The van der Waals surface area contributed by atoms with Gasteiger partial charge in [-0.25, -0.2) is 9.67 Å². The number of nitrogens with zero attached hydrogens (tertiary/aromatic N) is 3. The highest BCUT2D eigenvalue weighted by atomic mass is 79.9. The average molecular weight is 250 g/mol. The van der Waals surface area contributed by atoms with Crippen LogP contribution in [0.4, 0.5) is 0 Å². The predicted octanol–water partition coefficient (Wildman–Crippen LogP) is 2.67. The number of hydrogen-bond acceptors (Lipinski definition) is 2. The first kappa shape index (κ1) is 9.15. The van der Waals surface area contributed by atoms with Crippen molar-refractivity contribution >= 4 is 22.0 Å². The summed E-state index contributed by atoms with van der Waals surface area (Å²) in [5.74, 6) is 0. The summed E-state index contributed by atoms with van der Waals surface area (Å²) in [5, 5.41) is 4.05. The summed E-state index contributed by atoms with van der Waals surface area (Å²) >= 11 is 3.47. The van der Waals surface area contributed by atoms with Gasteiger partial charge in [0, 0.05) is 4.47 Å². The highest BCUT2D eigenvalue weighted by Crippen LogP contribution is 2.21. The minimum Gasteiger partial charge on any atom is -0.223 e. The smallest absolute Gasteiger partial charge is 0.138 e. The number of aromatic nitrogens is 3. The van der Waals surface area contributed by atoms with Gasteiger partial charge in [0.15, 0.2) is 0 Å². The zero-order chi connectivity index (χ0) is 9.97. The fraction of sp³-hybridized carbons (Fsp3) is 0. The van der Waals surface area contributed by atoms with Crippen LogP contribution in [0.25, 0.3) is 11.8 Å². The Bertz CT molecular complexity index is 448. The molecule has 0 unspecified atom stereocenters. The fourth-order valence-corrected chi connectivity index (χ4v) is 1.75. The largest absolute Gasteiger partial charge is 0.223 e. The van der Waals surface area contributed by atoms with Gasteiger partial charge in [-0.15, -0.1) is 0 Å². The van der Waals surface area contributed by atoms with Gasteiger partial charge in [-0.3, -0.25) is 0 Å². The second-order valence-electron chi connectivity index (χ2n) is 2.76. The molecule has 0 bridgehead atoms. The van der Waals surface area contributed by atoms with E-state index in [-0.39, 0.29) is 0 Å². The molecule has 0 atom stereocenters. The lowest BCUT2D eigenvalue weighted by atomic mass is 10.2. The maximum absolute atomic E-state index is 4.05. The van der Waals surface area contributed by atoms with Gasteiger partial charge in [0.25, 0.3) is 0 Å². The normalized spacial score (nSPS) is 10.1. The van der Waals surface area contributed by atoms with Crippen LogP contribution in [-0.4, -0.2) is 14.8 Å². The molecule has 1 aromatic carbocycles. The first-order valence-corrected chi connectivity index (χ1v) is 4.87. The maximum Gasteiger partial charge on any atom is 0.138 e. The molecule has 1 aromatic heterocycles. The molecule has 14 heavy (non-hydrogen) atoms. The summed E-state index contributed by atoms with van der Waals surface area (Å²) < 4.78 is 2.68. The minimum atomic E-state index is 0.966. The number of hydrogen-bond donors (Lipinski definition) is 0. The lowest BCUT2D eigenvalue weighted by Crippen LogP contribution is -1.95. The van der Waals surface area contributed by atoms with Crippen molar-refractivity contribution in [2.75, 3.05) is 0 Å². The third-order valence-corrected chi connectivity index (χ3v) is 2.51. The third kappa shape index (κ3) is 1.61. The van der Waals surface area contributed by atoms with Crippen LogP contribution >= 0.6 is 15.9 Å². The Morgan fingerprint density at radius 1 is 1.43 bits per heavy atom. The second-order valence-corrected chi connectivity index (χ2v) is 3.61. The van der Waals surface area contributed by atoms with E-state index in [4.69, 9.17) is 0 Å². The van der Waals surface area contributed by atoms with E-state index in [1.165, 1.54) is 6.33 Å². The SMILES string of the molecule is C=Cc1ccc(-n2cncn2)c(Br)c1. The van der Waals surface area contributed by atoms with Crippen LogP contribution in [0.15, 0.2) is 41.9 Å². The van der Waals surface area contributed by atoms with Gasteiger partial charge in [0.05, 0.1) is 5.69 Å². The molecule has 0 aliphatic rings. The molecule has 0 saturated carbocycles. The maximum atomic E-state index is 4.05. The van der Waals surface area contributed by atoms with Gasteiger partial charge in [-0.05, 0) is 33.6 Å². The molecule has 2 rings (SSSR count). The first-order valence-electron chi connectivity index (χ1n) is 4.08. The number of rotatable bonds is 2. The van der Waals surface area contributed by atoms with E-state index < -0.39 is 0 Å². The van der Waals surface area contributed by atoms with E-state index in [1.54, 1.807) is 17.1 Å². The van der Waals surface area contributed by atoms with E-state index in [2.05, 4.69) is 32.6 Å². The third-order valence-electron chi connectivity index (χ3n) is 1.87. The van der Waals surface area contributed by atoms with Gasteiger partial charge in [0.2, 0.25) is 0 Å². The Balaban J connectivity index is 2.51. The van der Waals surface area contributed by atoms with Crippen LogP contribution in [0.3, 0.4) is 0 Å². The molecule has 0 N–H and O–H groups in total. The lowest BCUT2D eigenvalue weighted by molar-refractivity contribution is 0.874. The molecule has 2 aromatic rings. The van der Waals surface area contributed by atoms with Crippen LogP contribution in [0.1, 0.15) is 5.56 Å². The van der Waals surface area contributed by atoms with Gasteiger partial charge < -0.3 is 0 Å². The Morgan fingerprint density at radius 3 is 2.86 bits per heavy atom. The van der Waals surface area contributed by atoms with E-state index >= 15 is 0 Å². The number of halogens is 1. The van der Waals surface area contributed by atoms with Crippen molar-refractivity contribution in [3.05, 3.63) is 47.5 Å². The summed E-state index contributed by atoms with van der Waals surface area (Å²) in [4.78, 5) is 3.89. The average Bonchev–Trinajstić information content (AvgIpc) is 2.70. The zero-order valence-electron chi connectivity index (χ0n) is 7.39. The molecule has 0 radical (unpaired) electrons. The van der Waals surface area contributed by atoms with Crippen molar-refractivity contribution in [3.63, 3.8) is 0 Å². The highest BCUT2D eigenvalue weighted by Gasteiger charge is 2.02.